The first kappa shape index (κ1) is 15.0. The lowest BCUT2D eigenvalue weighted by molar-refractivity contribution is -0.0819. The van der Waals surface area contributed by atoms with E-state index in [-0.39, 0.29) is 6.10 Å². The van der Waals surface area contributed by atoms with Gasteiger partial charge in [-0.3, -0.25) is 0 Å². The largest absolute Gasteiger partial charge is 0.376 e. The molecule has 6 heteroatoms. The Kier molecular flexibility index (Phi) is 6.01. The van der Waals surface area contributed by atoms with Gasteiger partial charge < -0.3 is 20.1 Å². The Morgan fingerprint density at radius 3 is 2.65 bits per heavy atom. The molecule has 1 atom stereocenters. The van der Waals surface area contributed by atoms with Crippen LogP contribution >= 0.6 is 0 Å². The summed E-state index contributed by atoms with van der Waals surface area (Å²) in [5.74, 6) is 2.56. The predicted molar refractivity (Wildman–Crippen MR) is 79.2 cm³/mol. The lowest BCUT2D eigenvalue weighted by Crippen LogP contribution is -2.34. The van der Waals surface area contributed by atoms with E-state index in [2.05, 4.69) is 34.4 Å². The van der Waals surface area contributed by atoms with Crippen LogP contribution in [-0.2, 0) is 15.9 Å². The number of nitrogens with zero attached hydrogens (tertiary/aromatic N) is 2. The molecular weight excluding hydrogens is 256 g/mol. The fourth-order valence-electron chi connectivity index (χ4n) is 1.96. The molecule has 1 aromatic heterocycles. The van der Waals surface area contributed by atoms with Crippen molar-refractivity contribution in [3.63, 3.8) is 0 Å². The van der Waals surface area contributed by atoms with Gasteiger partial charge in [0.2, 0.25) is 0 Å². The Bertz CT molecular complexity index is 408. The van der Waals surface area contributed by atoms with Gasteiger partial charge in [-0.1, -0.05) is 13.8 Å². The first-order chi connectivity index (χ1) is 9.81. The number of aromatic nitrogens is 2. The van der Waals surface area contributed by atoms with Crippen LogP contribution in [0.5, 0.6) is 0 Å². The standard InChI is InChI=1S/C14H24N4O2/c1-3-5-15-13-8-14(18-12(4-2)17-13)16-9-11-10-19-6-7-20-11/h8,11H,3-7,9-10H2,1-2H3,(H2,15,16,17,18). The Balaban J connectivity index is 1.94. The molecule has 2 rings (SSSR count). The summed E-state index contributed by atoms with van der Waals surface area (Å²) >= 11 is 0. The molecule has 2 heterocycles. The van der Waals surface area contributed by atoms with E-state index in [0.717, 1.165) is 36.8 Å². The van der Waals surface area contributed by atoms with Crippen LogP contribution in [0.25, 0.3) is 0 Å². The predicted octanol–water partition coefficient (Wildman–Crippen LogP) is 1.69. The van der Waals surface area contributed by atoms with Gasteiger partial charge in [-0.25, -0.2) is 9.97 Å². The molecule has 0 spiro atoms. The smallest absolute Gasteiger partial charge is 0.132 e. The average Bonchev–Trinajstić information content (AvgIpc) is 2.51. The summed E-state index contributed by atoms with van der Waals surface area (Å²) in [5.41, 5.74) is 0. The molecule has 6 nitrogen and oxygen atoms in total. The van der Waals surface area contributed by atoms with Gasteiger partial charge >= 0.3 is 0 Å². The Morgan fingerprint density at radius 2 is 2.00 bits per heavy atom. The third kappa shape index (κ3) is 4.61. The Hall–Kier alpha value is -1.40. The van der Waals surface area contributed by atoms with Gasteiger partial charge in [0.05, 0.1) is 25.9 Å². The average molecular weight is 280 g/mol. The molecule has 0 aliphatic carbocycles. The van der Waals surface area contributed by atoms with Gasteiger partial charge in [0.25, 0.3) is 0 Å². The van der Waals surface area contributed by atoms with Crippen molar-refractivity contribution in [3.05, 3.63) is 11.9 Å². The highest BCUT2D eigenvalue weighted by Gasteiger charge is 2.14. The monoisotopic (exact) mass is 280 g/mol. The first-order valence-electron chi connectivity index (χ1n) is 7.36. The Labute approximate surface area is 120 Å². The molecule has 1 aliphatic rings. The second-order valence-electron chi connectivity index (χ2n) is 4.78. The molecule has 20 heavy (non-hydrogen) atoms. The van der Waals surface area contributed by atoms with E-state index in [4.69, 9.17) is 9.47 Å². The van der Waals surface area contributed by atoms with Crippen molar-refractivity contribution >= 4 is 11.6 Å². The third-order valence-corrected chi connectivity index (χ3v) is 3.04. The molecule has 1 fully saturated rings. The number of ether oxygens (including phenoxy) is 2. The third-order valence-electron chi connectivity index (χ3n) is 3.04. The summed E-state index contributed by atoms with van der Waals surface area (Å²) in [6.07, 6.45) is 1.98. The summed E-state index contributed by atoms with van der Waals surface area (Å²) in [7, 11) is 0. The molecule has 1 aliphatic heterocycles. The summed E-state index contributed by atoms with van der Waals surface area (Å²) in [5, 5.41) is 6.61. The number of aryl methyl sites for hydroxylation is 1. The maximum atomic E-state index is 5.60. The summed E-state index contributed by atoms with van der Waals surface area (Å²) < 4.78 is 11.0. The molecule has 0 aromatic carbocycles. The van der Waals surface area contributed by atoms with Gasteiger partial charge in [-0.2, -0.15) is 0 Å². The minimum absolute atomic E-state index is 0.0934. The minimum Gasteiger partial charge on any atom is -0.376 e. The van der Waals surface area contributed by atoms with Crippen molar-refractivity contribution < 1.29 is 9.47 Å². The topological polar surface area (TPSA) is 68.3 Å². The fourth-order valence-corrected chi connectivity index (χ4v) is 1.96. The van der Waals surface area contributed by atoms with E-state index in [1.807, 2.05) is 6.07 Å². The van der Waals surface area contributed by atoms with Crippen molar-refractivity contribution in [2.75, 3.05) is 43.5 Å². The number of hydrogen-bond donors (Lipinski definition) is 2. The van der Waals surface area contributed by atoms with E-state index in [1.54, 1.807) is 0 Å². The van der Waals surface area contributed by atoms with E-state index in [9.17, 15) is 0 Å². The van der Waals surface area contributed by atoms with Crippen molar-refractivity contribution in [1.29, 1.82) is 0 Å². The Morgan fingerprint density at radius 1 is 1.20 bits per heavy atom. The van der Waals surface area contributed by atoms with Crippen molar-refractivity contribution in [3.8, 4) is 0 Å². The molecule has 0 bridgehead atoms. The van der Waals surface area contributed by atoms with E-state index >= 15 is 0 Å². The summed E-state index contributed by atoms with van der Waals surface area (Å²) in [6.45, 7) is 7.80. The molecule has 2 N–H and O–H groups in total. The molecule has 0 saturated carbocycles. The second kappa shape index (κ2) is 8.01. The highest BCUT2D eigenvalue weighted by molar-refractivity contribution is 5.47. The van der Waals surface area contributed by atoms with Gasteiger partial charge in [0.1, 0.15) is 17.5 Å². The van der Waals surface area contributed by atoms with Crippen LogP contribution in [0.15, 0.2) is 6.07 Å². The van der Waals surface area contributed by atoms with Crippen molar-refractivity contribution in [2.24, 2.45) is 0 Å². The van der Waals surface area contributed by atoms with Crippen LogP contribution in [0.1, 0.15) is 26.1 Å². The van der Waals surface area contributed by atoms with Gasteiger partial charge in [0.15, 0.2) is 0 Å². The quantitative estimate of drug-likeness (QED) is 0.792. The SMILES string of the molecule is CCCNc1cc(NCC2COCCO2)nc(CC)n1. The van der Waals surface area contributed by atoms with E-state index in [1.165, 1.54) is 0 Å². The highest BCUT2D eigenvalue weighted by Crippen LogP contribution is 2.12. The summed E-state index contributed by atoms with van der Waals surface area (Å²) in [6, 6.07) is 1.94. The molecule has 0 radical (unpaired) electrons. The number of anilines is 2. The lowest BCUT2D eigenvalue weighted by atomic mass is 10.3. The van der Waals surface area contributed by atoms with Gasteiger partial charge in [-0.15, -0.1) is 0 Å². The first-order valence-corrected chi connectivity index (χ1v) is 7.36. The van der Waals surface area contributed by atoms with E-state index < -0.39 is 0 Å². The summed E-state index contributed by atoms with van der Waals surface area (Å²) in [4.78, 5) is 8.95. The maximum Gasteiger partial charge on any atom is 0.132 e. The van der Waals surface area contributed by atoms with Crippen LogP contribution in [-0.4, -0.2) is 49.0 Å². The van der Waals surface area contributed by atoms with E-state index in [0.29, 0.717) is 26.4 Å². The maximum absolute atomic E-state index is 5.60. The molecule has 0 amide bonds. The number of rotatable bonds is 7. The van der Waals surface area contributed by atoms with Crippen LogP contribution in [0.2, 0.25) is 0 Å². The molecular formula is C14H24N4O2. The molecule has 112 valence electrons. The van der Waals surface area contributed by atoms with Crippen molar-refractivity contribution in [2.45, 2.75) is 32.8 Å². The lowest BCUT2D eigenvalue weighted by Gasteiger charge is -2.23. The van der Waals surface area contributed by atoms with Crippen molar-refractivity contribution in [1.82, 2.24) is 9.97 Å². The zero-order valence-electron chi connectivity index (χ0n) is 12.3. The second-order valence-corrected chi connectivity index (χ2v) is 4.78. The number of hydrogen-bond acceptors (Lipinski definition) is 6. The zero-order valence-corrected chi connectivity index (χ0v) is 12.3. The number of nitrogens with one attached hydrogen (secondary N) is 2. The van der Waals surface area contributed by atoms with Gasteiger partial charge in [0, 0.05) is 25.6 Å². The van der Waals surface area contributed by atoms with Crippen LogP contribution in [0.3, 0.4) is 0 Å². The fraction of sp³-hybridized carbons (Fsp3) is 0.714. The molecule has 1 saturated heterocycles. The van der Waals surface area contributed by atoms with Crippen LogP contribution in [0.4, 0.5) is 11.6 Å². The minimum atomic E-state index is 0.0934. The zero-order chi connectivity index (χ0) is 14.2. The normalized spacial score (nSPS) is 18.8. The molecule has 1 aromatic rings. The van der Waals surface area contributed by atoms with Gasteiger partial charge in [-0.05, 0) is 6.42 Å². The highest BCUT2D eigenvalue weighted by atomic mass is 16.6. The van der Waals surface area contributed by atoms with Crippen LogP contribution in [0, 0.1) is 0 Å². The molecule has 1 unspecified atom stereocenters. The van der Waals surface area contributed by atoms with Crippen LogP contribution < -0.4 is 10.6 Å².